The average molecular weight is 219 g/mol. The zero-order valence-corrected chi connectivity index (χ0v) is 9.42. The van der Waals surface area contributed by atoms with Crippen molar-refractivity contribution in [3.8, 4) is 5.75 Å². The summed E-state index contributed by atoms with van der Waals surface area (Å²) in [4.78, 5) is 14.5. The van der Waals surface area contributed by atoms with Crippen LogP contribution in [-0.2, 0) is 4.74 Å². The van der Waals surface area contributed by atoms with E-state index in [1.165, 1.54) is 13.2 Å². The summed E-state index contributed by atoms with van der Waals surface area (Å²) < 4.78 is 4.61. The predicted octanol–water partition coefficient (Wildman–Crippen LogP) is 2.28. The number of benzene rings is 1. The minimum atomic E-state index is -0.456. The predicted molar refractivity (Wildman–Crippen MR) is 60.8 cm³/mol. The van der Waals surface area contributed by atoms with Crippen molar-refractivity contribution >= 4 is 16.9 Å². The molecular formula is C12H13NO3. The standard InChI is InChI=1S/C12H13NO3/c1-6-7(2)13-9-4-8(12(15)16-3)5-10(14)11(6)9/h4-5,13-14H,1-3H3. The molecule has 4 heteroatoms. The van der Waals surface area contributed by atoms with Crippen LogP contribution < -0.4 is 0 Å². The summed E-state index contributed by atoms with van der Waals surface area (Å²) in [6, 6.07) is 3.11. The van der Waals surface area contributed by atoms with Crippen LogP contribution in [0.25, 0.3) is 10.9 Å². The van der Waals surface area contributed by atoms with Gasteiger partial charge in [-0.05, 0) is 31.5 Å². The number of hydrogen-bond acceptors (Lipinski definition) is 3. The van der Waals surface area contributed by atoms with Crippen molar-refractivity contribution in [2.75, 3.05) is 7.11 Å². The van der Waals surface area contributed by atoms with Crippen LogP contribution in [0, 0.1) is 13.8 Å². The van der Waals surface area contributed by atoms with Crippen LogP contribution >= 0.6 is 0 Å². The maximum Gasteiger partial charge on any atom is 0.338 e. The normalized spacial score (nSPS) is 10.7. The number of carbonyl (C=O) groups is 1. The van der Waals surface area contributed by atoms with Gasteiger partial charge in [0.25, 0.3) is 0 Å². The third-order valence-corrected chi connectivity index (χ3v) is 2.80. The highest BCUT2D eigenvalue weighted by Crippen LogP contribution is 2.31. The number of hydrogen-bond donors (Lipinski definition) is 2. The third-order valence-electron chi connectivity index (χ3n) is 2.80. The largest absolute Gasteiger partial charge is 0.507 e. The van der Waals surface area contributed by atoms with Gasteiger partial charge in [-0.15, -0.1) is 0 Å². The molecule has 16 heavy (non-hydrogen) atoms. The monoisotopic (exact) mass is 219 g/mol. The summed E-state index contributed by atoms with van der Waals surface area (Å²) >= 11 is 0. The van der Waals surface area contributed by atoms with Crippen molar-refractivity contribution in [2.45, 2.75) is 13.8 Å². The van der Waals surface area contributed by atoms with Crippen LogP contribution in [0.3, 0.4) is 0 Å². The van der Waals surface area contributed by atoms with E-state index >= 15 is 0 Å². The molecule has 0 aliphatic carbocycles. The number of nitrogens with one attached hydrogen (secondary N) is 1. The van der Waals surface area contributed by atoms with Gasteiger partial charge < -0.3 is 14.8 Å². The Labute approximate surface area is 92.9 Å². The summed E-state index contributed by atoms with van der Waals surface area (Å²) in [5.41, 5.74) is 3.06. The molecule has 0 atom stereocenters. The van der Waals surface area contributed by atoms with Gasteiger partial charge >= 0.3 is 5.97 Å². The van der Waals surface area contributed by atoms with Crippen LogP contribution in [0.5, 0.6) is 5.75 Å². The Hall–Kier alpha value is -1.97. The zero-order chi connectivity index (χ0) is 11.9. The summed E-state index contributed by atoms with van der Waals surface area (Å²) in [5.74, 6) is -0.359. The Morgan fingerprint density at radius 1 is 1.38 bits per heavy atom. The quantitative estimate of drug-likeness (QED) is 0.723. The van der Waals surface area contributed by atoms with Gasteiger partial charge in [0.1, 0.15) is 5.75 Å². The number of aromatic amines is 1. The molecule has 0 spiro atoms. The van der Waals surface area contributed by atoms with Gasteiger partial charge in [0.05, 0.1) is 18.2 Å². The molecule has 2 rings (SSSR count). The highest BCUT2D eigenvalue weighted by atomic mass is 16.5. The Morgan fingerprint density at radius 3 is 2.69 bits per heavy atom. The first-order chi connectivity index (χ1) is 7.54. The molecule has 0 bridgehead atoms. The van der Waals surface area contributed by atoms with Gasteiger partial charge in [0.2, 0.25) is 0 Å². The van der Waals surface area contributed by atoms with Crippen LogP contribution in [0.4, 0.5) is 0 Å². The number of rotatable bonds is 1. The first-order valence-corrected chi connectivity index (χ1v) is 4.94. The highest BCUT2D eigenvalue weighted by Gasteiger charge is 2.13. The van der Waals surface area contributed by atoms with E-state index in [0.717, 1.165) is 22.2 Å². The lowest BCUT2D eigenvalue weighted by atomic mass is 10.1. The van der Waals surface area contributed by atoms with Crippen molar-refractivity contribution in [2.24, 2.45) is 0 Å². The van der Waals surface area contributed by atoms with E-state index in [0.29, 0.717) is 5.56 Å². The number of esters is 1. The fourth-order valence-corrected chi connectivity index (χ4v) is 1.84. The van der Waals surface area contributed by atoms with Gasteiger partial charge in [-0.2, -0.15) is 0 Å². The second-order valence-electron chi connectivity index (χ2n) is 3.78. The topological polar surface area (TPSA) is 62.3 Å². The molecule has 4 nitrogen and oxygen atoms in total. The fraction of sp³-hybridized carbons (Fsp3) is 0.250. The Kier molecular flexibility index (Phi) is 2.34. The maximum atomic E-state index is 11.4. The smallest absolute Gasteiger partial charge is 0.338 e. The van der Waals surface area contributed by atoms with Crippen LogP contribution in [0.15, 0.2) is 12.1 Å². The molecule has 1 aromatic heterocycles. The van der Waals surface area contributed by atoms with E-state index in [2.05, 4.69) is 9.72 Å². The van der Waals surface area contributed by atoms with Crippen LogP contribution in [0.2, 0.25) is 0 Å². The Morgan fingerprint density at radius 2 is 2.06 bits per heavy atom. The number of methoxy groups -OCH3 is 1. The van der Waals surface area contributed by atoms with Crippen molar-refractivity contribution in [1.29, 1.82) is 0 Å². The Bertz CT molecular complexity index is 569. The molecule has 0 amide bonds. The van der Waals surface area contributed by atoms with E-state index in [9.17, 15) is 9.90 Å². The van der Waals surface area contributed by atoms with Crippen molar-refractivity contribution in [3.63, 3.8) is 0 Å². The van der Waals surface area contributed by atoms with Crippen LogP contribution in [0.1, 0.15) is 21.6 Å². The average Bonchev–Trinajstić information content (AvgIpc) is 2.54. The number of aryl methyl sites for hydroxylation is 2. The second kappa shape index (κ2) is 3.56. The molecule has 2 N–H and O–H groups in total. The SMILES string of the molecule is COC(=O)c1cc(O)c2c(C)c(C)[nH]c2c1. The van der Waals surface area contributed by atoms with Crippen molar-refractivity contribution < 1.29 is 14.6 Å². The zero-order valence-electron chi connectivity index (χ0n) is 9.42. The minimum absolute atomic E-state index is 0.0970. The molecule has 0 saturated carbocycles. The minimum Gasteiger partial charge on any atom is -0.507 e. The van der Waals surface area contributed by atoms with E-state index in [1.54, 1.807) is 6.07 Å². The first-order valence-electron chi connectivity index (χ1n) is 4.94. The molecule has 0 saturated heterocycles. The van der Waals surface area contributed by atoms with E-state index in [1.807, 2.05) is 13.8 Å². The molecule has 0 unspecified atom stereocenters. The van der Waals surface area contributed by atoms with Gasteiger partial charge in [-0.1, -0.05) is 0 Å². The number of H-pyrrole nitrogens is 1. The number of aromatic nitrogens is 1. The van der Waals surface area contributed by atoms with E-state index in [4.69, 9.17) is 0 Å². The maximum absolute atomic E-state index is 11.4. The fourth-order valence-electron chi connectivity index (χ4n) is 1.84. The molecule has 0 radical (unpaired) electrons. The first kappa shape index (κ1) is 10.5. The lowest BCUT2D eigenvalue weighted by molar-refractivity contribution is 0.0600. The van der Waals surface area contributed by atoms with E-state index < -0.39 is 5.97 Å². The summed E-state index contributed by atoms with van der Waals surface area (Å²) in [7, 11) is 1.31. The van der Waals surface area contributed by atoms with Gasteiger partial charge in [0.15, 0.2) is 0 Å². The molecule has 84 valence electrons. The molecule has 0 aliphatic rings. The summed E-state index contributed by atoms with van der Waals surface area (Å²) in [6.45, 7) is 3.85. The number of aromatic hydroxyl groups is 1. The molecular weight excluding hydrogens is 206 g/mol. The molecule has 1 aromatic carbocycles. The van der Waals surface area contributed by atoms with E-state index in [-0.39, 0.29) is 5.75 Å². The van der Waals surface area contributed by atoms with Crippen molar-refractivity contribution in [3.05, 3.63) is 29.0 Å². The lowest BCUT2D eigenvalue weighted by Crippen LogP contribution is -2.00. The molecule has 2 aromatic rings. The summed E-state index contributed by atoms with van der Waals surface area (Å²) in [6.07, 6.45) is 0. The van der Waals surface area contributed by atoms with Gasteiger partial charge in [0, 0.05) is 11.1 Å². The summed E-state index contributed by atoms with van der Waals surface area (Å²) in [5, 5.41) is 10.6. The molecule has 0 aliphatic heterocycles. The highest BCUT2D eigenvalue weighted by molar-refractivity contribution is 5.98. The Balaban J connectivity index is 2.73. The molecule has 1 heterocycles. The van der Waals surface area contributed by atoms with Gasteiger partial charge in [-0.3, -0.25) is 0 Å². The third kappa shape index (κ3) is 1.43. The second-order valence-corrected chi connectivity index (χ2v) is 3.78. The molecule has 0 fully saturated rings. The number of fused-ring (bicyclic) bond motifs is 1. The van der Waals surface area contributed by atoms with Crippen molar-refractivity contribution in [1.82, 2.24) is 4.98 Å². The number of carbonyl (C=O) groups excluding carboxylic acids is 1. The van der Waals surface area contributed by atoms with Crippen LogP contribution in [-0.4, -0.2) is 23.2 Å². The number of phenolic OH excluding ortho intramolecular Hbond substituents is 1. The number of ether oxygens (including phenoxy) is 1. The van der Waals surface area contributed by atoms with Gasteiger partial charge in [-0.25, -0.2) is 4.79 Å². The number of phenols is 1. The lowest BCUT2D eigenvalue weighted by Gasteiger charge is -2.02.